The van der Waals surface area contributed by atoms with Gasteiger partial charge in [-0.3, -0.25) is 14.4 Å². The van der Waals surface area contributed by atoms with Crippen LogP contribution >= 0.6 is 0 Å². The van der Waals surface area contributed by atoms with Crippen LogP contribution in [0.15, 0.2) is 0 Å². The first kappa shape index (κ1) is 28.1. The normalized spacial score (nSPS) is 39.5. The van der Waals surface area contributed by atoms with Gasteiger partial charge in [-0.15, -0.1) is 0 Å². The molecule has 0 aromatic rings. The maximum absolute atomic E-state index is 11.6. The monoisotopic (exact) mass is 540 g/mol. The fourth-order valence-corrected chi connectivity index (χ4v) is 10.1. The Kier molecular flexibility index (Phi) is 8.95. The van der Waals surface area contributed by atoms with Gasteiger partial charge in [-0.1, -0.05) is 0 Å². The Morgan fingerprint density at radius 2 is 0.821 bits per heavy atom. The van der Waals surface area contributed by atoms with Crippen molar-refractivity contribution >= 4 is 17.3 Å². The average Bonchev–Trinajstić information content (AvgIpc) is 3.41. The lowest BCUT2D eigenvalue weighted by atomic mass is 9.62. The number of ether oxygens (including phenoxy) is 2. The zero-order valence-electron chi connectivity index (χ0n) is 24.2. The molecular formula is C34H52O5. The molecule has 218 valence electrons. The summed E-state index contributed by atoms with van der Waals surface area (Å²) in [5.74, 6) is 7.81. The van der Waals surface area contributed by atoms with Gasteiger partial charge in [0, 0.05) is 51.4 Å². The fourth-order valence-electron chi connectivity index (χ4n) is 10.1. The van der Waals surface area contributed by atoms with E-state index in [0.717, 1.165) is 125 Å². The maximum atomic E-state index is 11.6. The molecule has 1 aliphatic heterocycles. The van der Waals surface area contributed by atoms with Crippen LogP contribution in [0.5, 0.6) is 0 Å². The van der Waals surface area contributed by atoms with E-state index < -0.39 is 0 Å². The number of hydrogen-bond donors (Lipinski definition) is 0. The summed E-state index contributed by atoms with van der Waals surface area (Å²) in [5, 5.41) is 0. The second kappa shape index (κ2) is 12.4. The van der Waals surface area contributed by atoms with Gasteiger partial charge >= 0.3 is 0 Å². The Balaban J connectivity index is 0.000000144. The van der Waals surface area contributed by atoms with E-state index in [-0.39, 0.29) is 5.79 Å². The highest BCUT2D eigenvalue weighted by atomic mass is 16.7. The molecule has 6 unspecified atom stereocenters. The Labute approximate surface area is 235 Å². The minimum Gasteiger partial charge on any atom is -0.348 e. The van der Waals surface area contributed by atoms with Crippen molar-refractivity contribution in [1.29, 1.82) is 0 Å². The molecule has 7 aliphatic rings. The van der Waals surface area contributed by atoms with Gasteiger partial charge < -0.3 is 9.47 Å². The van der Waals surface area contributed by atoms with Gasteiger partial charge in [-0.05, 0) is 124 Å². The molecule has 7 fully saturated rings. The van der Waals surface area contributed by atoms with Crippen LogP contribution in [0.3, 0.4) is 0 Å². The van der Waals surface area contributed by atoms with E-state index >= 15 is 0 Å². The first-order valence-corrected chi connectivity index (χ1v) is 16.8. The minimum absolute atomic E-state index is 0.203. The van der Waals surface area contributed by atoms with E-state index in [4.69, 9.17) is 9.47 Å². The SMILES string of the molecule is O=C1CCC(C2CCC3CC(=O)CCC3C2)CC1.O=C1CCC2CC(C3CCC4(CC3)OCCO4)CCC2C1. The zero-order chi connectivity index (χ0) is 26.8. The Hall–Kier alpha value is -1.07. The molecular weight excluding hydrogens is 488 g/mol. The van der Waals surface area contributed by atoms with Crippen LogP contribution in [0.25, 0.3) is 0 Å². The van der Waals surface area contributed by atoms with Crippen LogP contribution < -0.4 is 0 Å². The number of hydrogen-bond acceptors (Lipinski definition) is 5. The van der Waals surface area contributed by atoms with Crippen LogP contribution in [0, 0.1) is 47.3 Å². The third kappa shape index (κ3) is 6.71. The van der Waals surface area contributed by atoms with Crippen molar-refractivity contribution in [2.24, 2.45) is 47.3 Å². The van der Waals surface area contributed by atoms with Gasteiger partial charge in [0.25, 0.3) is 0 Å². The second-order valence-electron chi connectivity index (χ2n) is 14.6. The number of rotatable bonds is 2. The van der Waals surface area contributed by atoms with E-state index in [0.29, 0.717) is 23.3 Å². The van der Waals surface area contributed by atoms with E-state index in [1.807, 2.05) is 0 Å². The predicted molar refractivity (Wildman–Crippen MR) is 150 cm³/mol. The zero-order valence-corrected chi connectivity index (χ0v) is 24.2. The van der Waals surface area contributed by atoms with Gasteiger partial charge in [0.15, 0.2) is 5.79 Å². The smallest absolute Gasteiger partial charge is 0.168 e. The molecule has 6 saturated carbocycles. The van der Waals surface area contributed by atoms with Crippen molar-refractivity contribution in [3.05, 3.63) is 0 Å². The predicted octanol–water partition coefficient (Wildman–Crippen LogP) is 7.24. The van der Waals surface area contributed by atoms with Crippen LogP contribution in [-0.4, -0.2) is 36.4 Å². The summed E-state index contributed by atoms with van der Waals surface area (Å²) in [4.78, 5) is 34.4. The molecule has 6 aliphatic carbocycles. The van der Waals surface area contributed by atoms with Crippen LogP contribution in [0.2, 0.25) is 0 Å². The van der Waals surface area contributed by atoms with Gasteiger partial charge in [-0.2, -0.15) is 0 Å². The molecule has 5 nitrogen and oxygen atoms in total. The van der Waals surface area contributed by atoms with Crippen molar-refractivity contribution in [2.45, 2.75) is 134 Å². The molecule has 1 heterocycles. The van der Waals surface area contributed by atoms with Crippen molar-refractivity contribution in [3.63, 3.8) is 0 Å². The number of carbonyl (C=O) groups is 3. The molecule has 1 spiro atoms. The third-order valence-corrected chi connectivity index (χ3v) is 12.5. The first-order chi connectivity index (χ1) is 19.0. The summed E-state index contributed by atoms with van der Waals surface area (Å²) in [7, 11) is 0. The Morgan fingerprint density at radius 3 is 1.33 bits per heavy atom. The molecule has 0 amide bonds. The van der Waals surface area contributed by atoms with E-state index in [1.165, 1.54) is 57.8 Å². The molecule has 5 heteroatoms. The summed E-state index contributed by atoms with van der Waals surface area (Å²) in [6.45, 7) is 1.57. The number of fused-ring (bicyclic) bond motifs is 2. The highest BCUT2D eigenvalue weighted by Gasteiger charge is 2.44. The van der Waals surface area contributed by atoms with Gasteiger partial charge in [0.1, 0.15) is 17.3 Å². The van der Waals surface area contributed by atoms with Gasteiger partial charge in [0.2, 0.25) is 0 Å². The first-order valence-electron chi connectivity index (χ1n) is 16.8. The second-order valence-corrected chi connectivity index (χ2v) is 14.6. The van der Waals surface area contributed by atoms with E-state index in [9.17, 15) is 14.4 Å². The van der Waals surface area contributed by atoms with Crippen LogP contribution in [0.4, 0.5) is 0 Å². The molecule has 0 aromatic carbocycles. The van der Waals surface area contributed by atoms with Crippen molar-refractivity contribution in [3.8, 4) is 0 Å². The largest absolute Gasteiger partial charge is 0.348 e. The molecule has 0 aromatic heterocycles. The highest BCUT2D eigenvalue weighted by Crippen LogP contribution is 2.49. The Bertz CT molecular complexity index is 867. The molecule has 1 saturated heterocycles. The lowest BCUT2D eigenvalue weighted by Crippen LogP contribution is -2.39. The molecule has 7 rings (SSSR count). The molecule has 0 radical (unpaired) electrons. The summed E-state index contributed by atoms with van der Waals surface area (Å²) in [6, 6.07) is 0. The summed E-state index contributed by atoms with van der Waals surface area (Å²) in [6.07, 6.45) is 22.4. The molecule has 0 N–H and O–H groups in total. The molecule has 0 bridgehead atoms. The number of ketones is 3. The standard InChI is InChI=1S/C18H28O3.C16H24O2/c19-17-4-3-15-11-14(1-2-16(15)12-17)13-5-7-18(8-6-13)20-9-10-21-18;17-15-6-3-11(4-7-15)12-1-2-14-10-16(18)8-5-13(14)9-12/h13-16H,1-12H2;11-14H,1-10H2. The highest BCUT2D eigenvalue weighted by molar-refractivity contribution is 5.80. The number of Topliss-reactive ketones (excluding diaryl/α,β-unsaturated/α-hetero) is 3. The van der Waals surface area contributed by atoms with Crippen molar-refractivity contribution in [2.75, 3.05) is 13.2 Å². The summed E-state index contributed by atoms with van der Waals surface area (Å²) < 4.78 is 11.7. The summed E-state index contributed by atoms with van der Waals surface area (Å²) >= 11 is 0. The minimum atomic E-state index is -0.203. The van der Waals surface area contributed by atoms with Crippen molar-refractivity contribution < 1.29 is 23.9 Å². The fraction of sp³-hybridized carbons (Fsp3) is 0.912. The third-order valence-electron chi connectivity index (χ3n) is 12.5. The lowest BCUT2D eigenvalue weighted by Gasteiger charge is -2.44. The van der Waals surface area contributed by atoms with E-state index in [2.05, 4.69) is 0 Å². The van der Waals surface area contributed by atoms with Gasteiger partial charge in [0.05, 0.1) is 13.2 Å². The van der Waals surface area contributed by atoms with Crippen LogP contribution in [0.1, 0.15) is 128 Å². The lowest BCUT2D eigenvalue weighted by molar-refractivity contribution is -0.186. The Morgan fingerprint density at radius 1 is 0.436 bits per heavy atom. The summed E-state index contributed by atoms with van der Waals surface area (Å²) in [5.41, 5.74) is 0. The van der Waals surface area contributed by atoms with Gasteiger partial charge in [-0.25, -0.2) is 0 Å². The van der Waals surface area contributed by atoms with E-state index in [1.54, 1.807) is 0 Å². The average molecular weight is 541 g/mol. The topological polar surface area (TPSA) is 69.7 Å². The molecule has 39 heavy (non-hydrogen) atoms. The quantitative estimate of drug-likeness (QED) is 0.369. The molecule has 6 atom stereocenters. The van der Waals surface area contributed by atoms with Crippen LogP contribution in [-0.2, 0) is 23.9 Å². The van der Waals surface area contributed by atoms with Crippen molar-refractivity contribution in [1.82, 2.24) is 0 Å². The maximum Gasteiger partial charge on any atom is 0.168 e. The number of carbonyl (C=O) groups excluding carboxylic acids is 3.